The van der Waals surface area contributed by atoms with Crippen molar-refractivity contribution in [3.05, 3.63) is 65.9 Å². The Morgan fingerprint density at radius 3 is 2.92 bits per heavy atom. The summed E-state index contributed by atoms with van der Waals surface area (Å²) in [6, 6.07) is 15.5. The van der Waals surface area contributed by atoms with Gasteiger partial charge in [0.1, 0.15) is 0 Å². The van der Waals surface area contributed by atoms with Crippen LogP contribution in [0.4, 0.5) is 0 Å². The maximum atomic E-state index is 12.3. The van der Waals surface area contributed by atoms with Crippen LogP contribution in [-0.4, -0.2) is 17.7 Å². The van der Waals surface area contributed by atoms with Crippen LogP contribution < -0.4 is 14.8 Å². The van der Waals surface area contributed by atoms with Crippen molar-refractivity contribution in [2.45, 2.75) is 13.0 Å². The second kappa shape index (κ2) is 6.20. The summed E-state index contributed by atoms with van der Waals surface area (Å²) in [6.07, 6.45) is 2.05. The van der Waals surface area contributed by atoms with Gasteiger partial charge in [0.2, 0.25) is 12.7 Å². The molecule has 1 aliphatic rings. The number of hydrogen-bond donors (Lipinski definition) is 1. The van der Waals surface area contributed by atoms with E-state index in [1.165, 1.54) is 0 Å². The first kappa shape index (κ1) is 14.5. The van der Waals surface area contributed by atoms with Crippen molar-refractivity contribution >= 4 is 16.8 Å². The molecule has 1 aromatic heterocycles. The molecule has 3 aromatic rings. The van der Waals surface area contributed by atoms with E-state index >= 15 is 0 Å². The van der Waals surface area contributed by atoms with E-state index in [1.54, 1.807) is 6.20 Å². The molecule has 0 spiro atoms. The summed E-state index contributed by atoms with van der Waals surface area (Å²) in [5.41, 5.74) is 2.78. The minimum atomic E-state index is -0.0363. The minimum absolute atomic E-state index is 0.0363. The van der Waals surface area contributed by atoms with Crippen LogP contribution in [-0.2, 0) is 17.8 Å². The van der Waals surface area contributed by atoms with E-state index in [0.29, 0.717) is 13.0 Å². The van der Waals surface area contributed by atoms with Crippen LogP contribution in [0.2, 0.25) is 0 Å². The highest BCUT2D eigenvalue weighted by Gasteiger charge is 2.13. The van der Waals surface area contributed by atoms with Crippen molar-refractivity contribution in [1.29, 1.82) is 0 Å². The van der Waals surface area contributed by atoms with Gasteiger partial charge in [-0.1, -0.05) is 30.3 Å². The molecule has 0 bridgehead atoms. The fraction of sp³-hybridized carbons (Fsp3) is 0.158. The first-order chi connectivity index (χ1) is 11.8. The quantitative estimate of drug-likeness (QED) is 0.803. The van der Waals surface area contributed by atoms with Gasteiger partial charge in [-0.25, -0.2) is 0 Å². The number of fused-ring (bicyclic) bond motifs is 2. The number of nitrogens with one attached hydrogen (secondary N) is 1. The summed E-state index contributed by atoms with van der Waals surface area (Å²) in [7, 11) is 0. The average Bonchev–Trinajstić information content (AvgIpc) is 3.08. The summed E-state index contributed by atoms with van der Waals surface area (Å²) in [4.78, 5) is 16.6. The van der Waals surface area contributed by atoms with Crippen LogP contribution in [0.3, 0.4) is 0 Å². The standard InChI is InChI=1S/C19H16N2O3/c22-18(10-15-4-1-3-14-5-2-8-20-19(14)15)21-11-13-6-7-16-17(9-13)24-12-23-16/h1-9H,10-12H2,(H,21,22). The number of hydrogen-bond acceptors (Lipinski definition) is 4. The molecule has 1 N–H and O–H groups in total. The zero-order chi connectivity index (χ0) is 16.4. The lowest BCUT2D eigenvalue weighted by Gasteiger charge is -2.08. The monoisotopic (exact) mass is 320 g/mol. The molecule has 120 valence electrons. The Bertz CT molecular complexity index is 903. The van der Waals surface area contributed by atoms with Crippen molar-refractivity contribution in [3.63, 3.8) is 0 Å². The Labute approximate surface area is 139 Å². The van der Waals surface area contributed by atoms with E-state index in [-0.39, 0.29) is 12.7 Å². The van der Waals surface area contributed by atoms with Crippen molar-refractivity contribution in [2.75, 3.05) is 6.79 Å². The molecule has 0 aliphatic carbocycles. The highest BCUT2D eigenvalue weighted by molar-refractivity contribution is 5.87. The number of amides is 1. The number of benzene rings is 2. The summed E-state index contributed by atoms with van der Waals surface area (Å²) in [5, 5.41) is 3.98. The Kier molecular flexibility index (Phi) is 3.75. The van der Waals surface area contributed by atoms with Crippen molar-refractivity contribution in [2.24, 2.45) is 0 Å². The van der Waals surface area contributed by atoms with Gasteiger partial charge < -0.3 is 14.8 Å². The number of pyridine rings is 1. The maximum Gasteiger partial charge on any atom is 0.231 e. The lowest BCUT2D eigenvalue weighted by molar-refractivity contribution is -0.120. The van der Waals surface area contributed by atoms with Gasteiger partial charge in [-0.15, -0.1) is 0 Å². The lowest BCUT2D eigenvalue weighted by atomic mass is 10.1. The largest absolute Gasteiger partial charge is 0.454 e. The molecule has 0 unspecified atom stereocenters. The van der Waals surface area contributed by atoms with E-state index in [4.69, 9.17) is 9.47 Å². The SMILES string of the molecule is O=C(Cc1cccc2cccnc12)NCc1ccc2c(c1)OCO2. The topological polar surface area (TPSA) is 60.5 Å². The van der Waals surface area contributed by atoms with Crippen LogP contribution in [0.5, 0.6) is 11.5 Å². The highest BCUT2D eigenvalue weighted by atomic mass is 16.7. The van der Waals surface area contributed by atoms with Gasteiger partial charge in [0, 0.05) is 18.1 Å². The van der Waals surface area contributed by atoms with Crippen LogP contribution >= 0.6 is 0 Å². The molecule has 0 fully saturated rings. The van der Waals surface area contributed by atoms with Crippen LogP contribution in [0.25, 0.3) is 10.9 Å². The number of nitrogens with zero attached hydrogens (tertiary/aromatic N) is 1. The van der Waals surface area contributed by atoms with E-state index in [2.05, 4.69) is 10.3 Å². The first-order valence-corrected chi connectivity index (χ1v) is 7.77. The minimum Gasteiger partial charge on any atom is -0.454 e. The zero-order valence-corrected chi connectivity index (χ0v) is 13.0. The molecule has 1 amide bonds. The molecule has 1 aliphatic heterocycles. The van der Waals surface area contributed by atoms with Crippen LogP contribution in [0, 0.1) is 0 Å². The van der Waals surface area contributed by atoms with Crippen LogP contribution in [0.1, 0.15) is 11.1 Å². The molecule has 0 atom stereocenters. The molecular weight excluding hydrogens is 304 g/mol. The molecule has 2 heterocycles. The van der Waals surface area contributed by atoms with Gasteiger partial charge in [-0.05, 0) is 29.3 Å². The predicted molar refractivity (Wildman–Crippen MR) is 89.9 cm³/mol. The molecule has 4 rings (SSSR count). The molecular formula is C19H16N2O3. The fourth-order valence-corrected chi connectivity index (χ4v) is 2.80. The predicted octanol–water partition coefficient (Wildman–Crippen LogP) is 2.82. The van der Waals surface area contributed by atoms with E-state index in [9.17, 15) is 4.79 Å². The zero-order valence-electron chi connectivity index (χ0n) is 13.0. The normalized spacial score (nSPS) is 12.3. The second-order valence-corrected chi connectivity index (χ2v) is 5.63. The summed E-state index contributed by atoms with van der Waals surface area (Å²) in [5.74, 6) is 1.43. The number of carbonyl (C=O) groups is 1. The van der Waals surface area contributed by atoms with E-state index < -0.39 is 0 Å². The smallest absolute Gasteiger partial charge is 0.231 e. The molecule has 5 nitrogen and oxygen atoms in total. The fourth-order valence-electron chi connectivity index (χ4n) is 2.80. The summed E-state index contributed by atoms with van der Waals surface area (Å²) < 4.78 is 10.6. The molecule has 24 heavy (non-hydrogen) atoms. The first-order valence-electron chi connectivity index (χ1n) is 7.77. The Morgan fingerprint density at radius 2 is 1.96 bits per heavy atom. The van der Waals surface area contributed by atoms with Gasteiger partial charge in [-0.3, -0.25) is 9.78 Å². The van der Waals surface area contributed by atoms with Crippen molar-refractivity contribution in [1.82, 2.24) is 10.3 Å². The third kappa shape index (κ3) is 2.88. The Hall–Kier alpha value is -3.08. The third-order valence-corrected chi connectivity index (χ3v) is 3.99. The molecule has 0 radical (unpaired) electrons. The molecule has 2 aromatic carbocycles. The lowest BCUT2D eigenvalue weighted by Crippen LogP contribution is -2.24. The number of ether oxygens (including phenoxy) is 2. The van der Waals surface area contributed by atoms with Gasteiger partial charge >= 0.3 is 0 Å². The highest BCUT2D eigenvalue weighted by Crippen LogP contribution is 2.32. The van der Waals surface area contributed by atoms with Crippen molar-refractivity contribution < 1.29 is 14.3 Å². The maximum absolute atomic E-state index is 12.3. The Balaban J connectivity index is 1.43. The van der Waals surface area contributed by atoms with E-state index in [0.717, 1.165) is 33.5 Å². The summed E-state index contributed by atoms with van der Waals surface area (Å²) >= 11 is 0. The van der Waals surface area contributed by atoms with Gasteiger partial charge in [0.05, 0.1) is 11.9 Å². The molecule has 0 saturated carbocycles. The number of rotatable bonds is 4. The average molecular weight is 320 g/mol. The number of para-hydroxylation sites is 1. The number of aromatic nitrogens is 1. The van der Waals surface area contributed by atoms with Gasteiger partial charge in [0.15, 0.2) is 11.5 Å². The van der Waals surface area contributed by atoms with E-state index in [1.807, 2.05) is 48.5 Å². The third-order valence-electron chi connectivity index (χ3n) is 3.99. The Morgan fingerprint density at radius 1 is 1.08 bits per heavy atom. The van der Waals surface area contributed by atoms with Crippen molar-refractivity contribution in [3.8, 4) is 11.5 Å². The second-order valence-electron chi connectivity index (χ2n) is 5.63. The number of carbonyl (C=O) groups excluding carboxylic acids is 1. The molecule has 5 heteroatoms. The molecule has 0 saturated heterocycles. The van der Waals surface area contributed by atoms with Gasteiger partial charge in [-0.2, -0.15) is 0 Å². The van der Waals surface area contributed by atoms with Crippen LogP contribution in [0.15, 0.2) is 54.7 Å². The van der Waals surface area contributed by atoms with Gasteiger partial charge in [0.25, 0.3) is 0 Å². The summed E-state index contributed by atoms with van der Waals surface area (Å²) in [6.45, 7) is 0.701.